The van der Waals surface area contributed by atoms with E-state index in [0.717, 1.165) is 17.4 Å². The van der Waals surface area contributed by atoms with Gasteiger partial charge < -0.3 is 0 Å². The van der Waals surface area contributed by atoms with Gasteiger partial charge >= 0.3 is 5.13 Å². The molecule has 1 aromatic heterocycles. The number of anilines is 2. The highest BCUT2D eigenvalue weighted by Crippen LogP contribution is 2.27. The number of aryl methyl sites for hydroxylation is 2. The smallest absolute Gasteiger partial charge is 0.231 e. The van der Waals surface area contributed by atoms with Crippen LogP contribution in [0.15, 0.2) is 66.6 Å². The number of rotatable bonds is 5. The lowest BCUT2D eigenvalue weighted by Crippen LogP contribution is -2.35. The van der Waals surface area contributed by atoms with Crippen molar-refractivity contribution in [2.45, 2.75) is 20.4 Å². The number of hydrogen-bond acceptors (Lipinski definition) is 2. The minimum atomic E-state index is 0.779. The summed E-state index contributed by atoms with van der Waals surface area (Å²) in [7, 11) is 0. The van der Waals surface area contributed by atoms with Gasteiger partial charge in [0.1, 0.15) is 17.9 Å². The van der Waals surface area contributed by atoms with E-state index in [1.54, 1.807) is 11.3 Å². The molecule has 23 heavy (non-hydrogen) atoms. The Labute approximate surface area is 141 Å². The van der Waals surface area contributed by atoms with Crippen molar-refractivity contribution in [3.8, 4) is 11.3 Å². The minimum absolute atomic E-state index is 0.779. The molecule has 0 aliphatic carbocycles. The molecule has 2 aromatic carbocycles. The SMILES string of the molecule is C=CC[n+]1c(-c2ccc(C)cc2)csc1Nc1ccccc1C. The molecule has 116 valence electrons. The van der Waals surface area contributed by atoms with E-state index < -0.39 is 0 Å². The van der Waals surface area contributed by atoms with Gasteiger partial charge in [0, 0.05) is 10.9 Å². The molecular weight excluding hydrogens is 300 g/mol. The van der Waals surface area contributed by atoms with Crippen LogP contribution in [0.25, 0.3) is 11.3 Å². The molecule has 0 atom stereocenters. The van der Waals surface area contributed by atoms with Gasteiger partial charge in [0.25, 0.3) is 0 Å². The van der Waals surface area contributed by atoms with Crippen LogP contribution in [0.3, 0.4) is 0 Å². The lowest BCUT2D eigenvalue weighted by atomic mass is 10.1. The number of nitrogens with zero attached hydrogens (tertiary/aromatic N) is 1. The van der Waals surface area contributed by atoms with Gasteiger partial charge in [0.2, 0.25) is 0 Å². The van der Waals surface area contributed by atoms with Crippen LogP contribution in [0.4, 0.5) is 10.8 Å². The van der Waals surface area contributed by atoms with Crippen LogP contribution < -0.4 is 9.88 Å². The molecule has 0 unspecified atom stereocenters. The summed E-state index contributed by atoms with van der Waals surface area (Å²) < 4.78 is 2.27. The predicted octanol–water partition coefficient (Wildman–Crippen LogP) is 5.25. The Kier molecular flexibility index (Phi) is 4.58. The number of nitrogens with one attached hydrogen (secondary N) is 1. The average Bonchev–Trinajstić information content (AvgIpc) is 2.94. The first kappa shape index (κ1) is 15.5. The molecular formula is C20H21N2S+. The van der Waals surface area contributed by atoms with E-state index in [1.165, 1.54) is 22.4 Å². The highest BCUT2D eigenvalue weighted by molar-refractivity contribution is 7.13. The molecule has 0 amide bonds. The van der Waals surface area contributed by atoms with E-state index in [2.05, 4.69) is 84.2 Å². The average molecular weight is 321 g/mol. The number of allylic oxidation sites excluding steroid dienone is 1. The molecule has 0 radical (unpaired) electrons. The maximum Gasteiger partial charge on any atom is 0.339 e. The van der Waals surface area contributed by atoms with Crippen molar-refractivity contribution < 1.29 is 4.57 Å². The molecule has 3 aromatic rings. The van der Waals surface area contributed by atoms with Crippen LogP contribution in [0.5, 0.6) is 0 Å². The summed E-state index contributed by atoms with van der Waals surface area (Å²) in [4.78, 5) is 0. The third-order valence-electron chi connectivity index (χ3n) is 3.86. The Bertz CT molecular complexity index is 816. The molecule has 0 saturated carbocycles. The lowest BCUT2D eigenvalue weighted by Gasteiger charge is -2.06. The van der Waals surface area contributed by atoms with Crippen molar-refractivity contribution in [1.82, 2.24) is 0 Å². The Balaban J connectivity index is 2.00. The van der Waals surface area contributed by atoms with Crippen molar-refractivity contribution in [1.29, 1.82) is 0 Å². The fourth-order valence-electron chi connectivity index (χ4n) is 2.53. The van der Waals surface area contributed by atoms with Gasteiger partial charge in [-0.05, 0) is 25.5 Å². The third-order valence-corrected chi connectivity index (χ3v) is 4.75. The summed E-state index contributed by atoms with van der Waals surface area (Å²) >= 11 is 1.72. The van der Waals surface area contributed by atoms with Gasteiger partial charge in [-0.25, -0.2) is 9.88 Å². The fourth-order valence-corrected chi connectivity index (χ4v) is 3.49. The monoisotopic (exact) mass is 321 g/mol. The lowest BCUT2D eigenvalue weighted by molar-refractivity contribution is -0.657. The summed E-state index contributed by atoms with van der Waals surface area (Å²) in [5.74, 6) is 0. The third kappa shape index (κ3) is 3.35. The van der Waals surface area contributed by atoms with Crippen LogP contribution in [0.1, 0.15) is 11.1 Å². The van der Waals surface area contributed by atoms with Crippen molar-refractivity contribution in [3.05, 3.63) is 77.7 Å². The second kappa shape index (κ2) is 6.80. The molecule has 0 aliphatic rings. The van der Waals surface area contributed by atoms with Gasteiger partial charge in [-0.2, -0.15) is 0 Å². The Morgan fingerprint density at radius 2 is 1.83 bits per heavy atom. The molecule has 0 aliphatic heterocycles. The Morgan fingerprint density at radius 3 is 2.52 bits per heavy atom. The molecule has 0 fully saturated rings. The number of benzene rings is 2. The molecule has 1 heterocycles. The van der Waals surface area contributed by atoms with E-state index in [-0.39, 0.29) is 0 Å². The van der Waals surface area contributed by atoms with E-state index in [9.17, 15) is 0 Å². The maximum atomic E-state index is 3.91. The number of para-hydroxylation sites is 1. The van der Waals surface area contributed by atoms with E-state index in [0.29, 0.717) is 0 Å². The summed E-state index contributed by atoms with van der Waals surface area (Å²) in [5, 5.41) is 6.88. The molecule has 0 saturated heterocycles. The molecule has 0 spiro atoms. The van der Waals surface area contributed by atoms with Gasteiger partial charge in [0.05, 0.1) is 0 Å². The highest BCUT2D eigenvalue weighted by Gasteiger charge is 2.19. The van der Waals surface area contributed by atoms with Crippen molar-refractivity contribution in [2.75, 3.05) is 5.32 Å². The van der Waals surface area contributed by atoms with Crippen LogP contribution in [0, 0.1) is 13.8 Å². The highest BCUT2D eigenvalue weighted by atomic mass is 32.1. The number of hydrogen-bond donors (Lipinski definition) is 1. The molecule has 3 heteroatoms. The minimum Gasteiger partial charge on any atom is -0.231 e. The fraction of sp³-hybridized carbons (Fsp3) is 0.150. The zero-order valence-electron chi connectivity index (χ0n) is 13.5. The van der Waals surface area contributed by atoms with Gasteiger partial charge in [0.15, 0.2) is 0 Å². The van der Waals surface area contributed by atoms with E-state index >= 15 is 0 Å². The van der Waals surface area contributed by atoms with Crippen molar-refractivity contribution >= 4 is 22.2 Å². The summed E-state index contributed by atoms with van der Waals surface area (Å²) in [6.07, 6.45) is 1.94. The van der Waals surface area contributed by atoms with Gasteiger partial charge in [-0.1, -0.05) is 72.0 Å². The second-order valence-corrected chi connectivity index (χ2v) is 6.49. The molecule has 1 N–H and O–H groups in total. The second-order valence-electron chi connectivity index (χ2n) is 5.63. The first-order valence-electron chi connectivity index (χ1n) is 7.71. The molecule has 0 bridgehead atoms. The summed E-state index contributed by atoms with van der Waals surface area (Å²) in [5.41, 5.74) is 6.10. The topological polar surface area (TPSA) is 15.9 Å². The van der Waals surface area contributed by atoms with Crippen LogP contribution in [-0.4, -0.2) is 0 Å². The zero-order valence-corrected chi connectivity index (χ0v) is 14.4. The summed E-state index contributed by atoms with van der Waals surface area (Å²) in [6.45, 7) is 8.92. The Morgan fingerprint density at radius 1 is 1.09 bits per heavy atom. The molecule has 2 nitrogen and oxygen atoms in total. The number of thiazole rings is 1. The van der Waals surface area contributed by atoms with Crippen LogP contribution >= 0.6 is 11.3 Å². The van der Waals surface area contributed by atoms with Crippen LogP contribution in [-0.2, 0) is 6.54 Å². The molecule has 3 rings (SSSR count). The Hall–Kier alpha value is -2.39. The van der Waals surface area contributed by atoms with Gasteiger partial charge in [-0.15, -0.1) is 0 Å². The first-order chi connectivity index (χ1) is 11.2. The maximum absolute atomic E-state index is 3.91. The first-order valence-corrected chi connectivity index (χ1v) is 8.59. The summed E-state index contributed by atoms with van der Waals surface area (Å²) in [6, 6.07) is 17.0. The quantitative estimate of drug-likeness (QED) is 0.501. The number of aromatic nitrogens is 1. The van der Waals surface area contributed by atoms with Crippen molar-refractivity contribution in [3.63, 3.8) is 0 Å². The largest absolute Gasteiger partial charge is 0.339 e. The van der Waals surface area contributed by atoms with Crippen LogP contribution in [0.2, 0.25) is 0 Å². The standard InChI is InChI=1S/C20H20N2S/c1-4-13-22-19(17-11-9-15(2)10-12-17)14-23-20(22)21-18-8-6-5-7-16(18)3/h4-12,14H,1,13H2,2-3H3/p+1. The van der Waals surface area contributed by atoms with E-state index in [1.807, 2.05) is 6.08 Å². The zero-order chi connectivity index (χ0) is 16.2. The normalized spacial score (nSPS) is 10.5. The van der Waals surface area contributed by atoms with Gasteiger partial charge in [-0.3, -0.25) is 0 Å². The van der Waals surface area contributed by atoms with Crippen molar-refractivity contribution in [2.24, 2.45) is 0 Å². The predicted molar refractivity (Wildman–Crippen MR) is 99.3 cm³/mol. The van der Waals surface area contributed by atoms with E-state index in [4.69, 9.17) is 0 Å².